The molecule has 0 saturated carbocycles. The van der Waals surface area contributed by atoms with Gasteiger partial charge in [-0.25, -0.2) is 0 Å². The Morgan fingerprint density at radius 2 is 1.79 bits per heavy atom. The van der Waals surface area contributed by atoms with Gasteiger partial charge in [0, 0.05) is 52.4 Å². The highest BCUT2D eigenvalue weighted by atomic mass is 16.2. The molecule has 0 atom stereocenters. The Morgan fingerprint density at radius 1 is 1.07 bits per heavy atom. The summed E-state index contributed by atoms with van der Waals surface area (Å²) in [6.07, 6.45) is 3.28. The van der Waals surface area contributed by atoms with E-state index in [0.717, 1.165) is 48.6 Å². The molecular weight excluding hydrogens is 366 g/mol. The van der Waals surface area contributed by atoms with Gasteiger partial charge in [-0.05, 0) is 42.7 Å². The van der Waals surface area contributed by atoms with Crippen LogP contribution in [-0.4, -0.2) is 64.9 Å². The molecule has 3 heterocycles. The van der Waals surface area contributed by atoms with Crippen LogP contribution in [0.25, 0.3) is 5.65 Å². The van der Waals surface area contributed by atoms with Gasteiger partial charge in [-0.2, -0.15) is 4.52 Å². The molecule has 152 valence electrons. The van der Waals surface area contributed by atoms with Crippen molar-refractivity contribution in [1.82, 2.24) is 24.7 Å². The highest BCUT2D eigenvalue weighted by Crippen LogP contribution is 2.24. The molecule has 1 amide bonds. The Hall–Kier alpha value is -3.16. The van der Waals surface area contributed by atoms with E-state index in [-0.39, 0.29) is 11.8 Å². The molecule has 29 heavy (non-hydrogen) atoms. The van der Waals surface area contributed by atoms with Gasteiger partial charge in [0.15, 0.2) is 5.65 Å². The van der Waals surface area contributed by atoms with E-state index >= 15 is 0 Å². The summed E-state index contributed by atoms with van der Waals surface area (Å²) in [5.41, 5.74) is 3.04. The largest absolute Gasteiger partial charge is 0.378 e. The van der Waals surface area contributed by atoms with Crippen LogP contribution in [0.15, 0.2) is 42.7 Å². The molecule has 8 heteroatoms. The molecule has 0 aliphatic carbocycles. The fourth-order valence-corrected chi connectivity index (χ4v) is 3.81. The van der Waals surface area contributed by atoms with Crippen LogP contribution >= 0.6 is 0 Å². The molecule has 1 aliphatic rings. The van der Waals surface area contributed by atoms with Crippen molar-refractivity contribution in [3.63, 3.8) is 0 Å². The number of fused-ring (bicyclic) bond motifs is 1. The summed E-state index contributed by atoms with van der Waals surface area (Å²) < 4.78 is 1.68. The molecule has 0 bridgehead atoms. The Bertz CT molecular complexity index is 974. The molecule has 4 rings (SSSR count). The van der Waals surface area contributed by atoms with Gasteiger partial charge in [-0.1, -0.05) is 12.1 Å². The van der Waals surface area contributed by atoms with Gasteiger partial charge in [0.05, 0.1) is 0 Å². The zero-order valence-electron chi connectivity index (χ0n) is 17.2. The molecule has 0 spiro atoms. The fraction of sp³-hybridized carbons (Fsp3) is 0.429. The van der Waals surface area contributed by atoms with E-state index in [9.17, 15) is 4.79 Å². The maximum Gasteiger partial charge on any atom is 0.225 e. The smallest absolute Gasteiger partial charge is 0.225 e. The number of amides is 1. The van der Waals surface area contributed by atoms with E-state index in [1.165, 1.54) is 0 Å². The van der Waals surface area contributed by atoms with Gasteiger partial charge in [0.25, 0.3) is 0 Å². The van der Waals surface area contributed by atoms with E-state index in [1.807, 2.05) is 38.2 Å². The minimum absolute atomic E-state index is 0.0657. The Morgan fingerprint density at radius 3 is 2.48 bits per heavy atom. The minimum Gasteiger partial charge on any atom is -0.378 e. The SMILES string of the molecule is CN(Cc1ccc(N(C)C)cc1)C(=O)C1CCN(c2ccc3nncn3n2)CC1. The quantitative estimate of drug-likeness (QED) is 0.661. The average molecular weight is 393 g/mol. The van der Waals surface area contributed by atoms with Crippen LogP contribution < -0.4 is 9.80 Å². The standard InChI is InChI=1S/C21H27N7O/c1-25(2)18-6-4-16(5-7-18)14-26(3)21(29)17-10-12-27(13-11-17)20-9-8-19-23-22-15-28(19)24-20/h4-9,15,17H,10-14H2,1-3H3. The lowest BCUT2D eigenvalue weighted by atomic mass is 9.95. The van der Waals surface area contributed by atoms with Crippen LogP contribution in [0.1, 0.15) is 18.4 Å². The molecule has 8 nitrogen and oxygen atoms in total. The summed E-state index contributed by atoms with van der Waals surface area (Å²) in [6, 6.07) is 12.2. The first kappa shape index (κ1) is 19.2. The van der Waals surface area contributed by atoms with Crippen LogP contribution in [0.4, 0.5) is 11.5 Å². The highest BCUT2D eigenvalue weighted by Gasteiger charge is 2.28. The average Bonchev–Trinajstić information content (AvgIpc) is 3.21. The van der Waals surface area contributed by atoms with Crippen molar-refractivity contribution in [3.05, 3.63) is 48.3 Å². The molecule has 1 aliphatic heterocycles. The van der Waals surface area contributed by atoms with Crippen LogP contribution in [0, 0.1) is 5.92 Å². The van der Waals surface area contributed by atoms with E-state index in [0.29, 0.717) is 6.54 Å². The normalized spacial score (nSPS) is 14.9. The molecular formula is C21H27N7O. The maximum atomic E-state index is 12.9. The Labute approximate surface area is 170 Å². The molecule has 2 aromatic heterocycles. The molecule has 0 N–H and O–H groups in total. The third-order valence-electron chi connectivity index (χ3n) is 5.56. The number of hydrogen-bond donors (Lipinski definition) is 0. The zero-order chi connectivity index (χ0) is 20.4. The first-order chi connectivity index (χ1) is 14.0. The molecule has 1 aromatic carbocycles. The third kappa shape index (κ3) is 4.16. The number of hydrogen-bond acceptors (Lipinski definition) is 6. The third-order valence-corrected chi connectivity index (χ3v) is 5.56. The van der Waals surface area contributed by atoms with E-state index in [4.69, 9.17) is 0 Å². The number of piperidine rings is 1. The second-order valence-corrected chi connectivity index (χ2v) is 7.84. The fourth-order valence-electron chi connectivity index (χ4n) is 3.81. The molecule has 0 radical (unpaired) electrons. The van der Waals surface area contributed by atoms with Gasteiger partial charge < -0.3 is 14.7 Å². The van der Waals surface area contributed by atoms with Crippen molar-refractivity contribution in [2.24, 2.45) is 5.92 Å². The summed E-state index contributed by atoms with van der Waals surface area (Å²) in [6.45, 7) is 2.28. The van der Waals surface area contributed by atoms with Crippen LogP contribution in [0.5, 0.6) is 0 Å². The number of carbonyl (C=O) groups excluding carboxylic acids is 1. The van der Waals surface area contributed by atoms with Crippen molar-refractivity contribution in [2.45, 2.75) is 19.4 Å². The van der Waals surface area contributed by atoms with Gasteiger partial charge >= 0.3 is 0 Å². The van der Waals surface area contributed by atoms with Crippen LogP contribution in [-0.2, 0) is 11.3 Å². The van der Waals surface area contributed by atoms with Gasteiger partial charge in [0.1, 0.15) is 12.1 Å². The van der Waals surface area contributed by atoms with Crippen LogP contribution in [0.3, 0.4) is 0 Å². The van der Waals surface area contributed by atoms with E-state index in [2.05, 4.69) is 49.4 Å². The topological polar surface area (TPSA) is 69.9 Å². The van der Waals surface area contributed by atoms with E-state index in [1.54, 1.807) is 10.8 Å². The van der Waals surface area contributed by atoms with Gasteiger partial charge in [-0.3, -0.25) is 4.79 Å². The number of rotatable bonds is 5. The number of nitrogens with zero attached hydrogens (tertiary/aromatic N) is 7. The minimum atomic E-state index is 0.0657. The summed E-state index contributed by atoms with van der Waals surface area (Å²) >= 11 is 0. The van der Waals surface area contributed by atoms with Gasteiger partial charge in [0.2, 0.25) is 5.91 Å². The van der Waals surface area contributed by atoms with E-state index < -0.39 is 0 Å². The summed E-state index contributed by atoms with van der Waals surface area (Å²) in [5.74, 6) is 1.19. The second-order valence-electron chi connectivity index (χ2n) is 7.84. The first-order valence-corrected chi connectivity index (χ1v) is 9.94. The van der Waals surface area contributed by atoms with Crippen molar-refractivity contribution in [1.29, 1.82) is 0 Å². The number of benzene rings is 1. The molecule has 3 aromatic rings. The zero-order valence-corrected chi connectivity index (χ0v) is 17.2. The maximum absolute atomic E-state index is 12.9. The predicted octanol–water partition coefficient (Wildman–Crippen LogP) is 2.07. The summed E-state index contributed by atoms with van der Waals surface area (Å²) in [5, 5.41) is 12.4. The Balaban J connectivity index is 1.33. The lowest BCUT2D eigenvalue weighted by Gasteiger charge is -2.33. The number of carbonyl (C=O) groups is 1. The van der Waals surface area contributed by atoms with Crippen molar-refractivity contribution < 1.29 is 4.79 Å². The first-order valence-electron chi connectivity index (χ1n) is 9.94. The summed E-state index contributed by atoms with van der Waals surface area (Å²) in [4.78, 5) is 19.1. The Kier molecular flexibility index (Phi) is 5.33. The highest BCUT2D eigenvalue weighted by molar-refractivity contribution is 5.79. The molecule has 1 saturated heterocycles. The molecule has 1 fully saturated rings. The number of anilines is 2. The summed E-state index contributed by atoms with van der Waals surface area (Å²) in [7, 11) is 5.95. The monoisotopic (exact) mass is 393 g/mol. The molecule has 0 unspecified atom stereocenters. The predicted molar refractivity (Wildman–Crippen MR) is 113 cm³/mol. The van der Waals surface area contributed by atoms with Crippen molar-refractivity contribution in [3.8, 4) is 0 Å². The van der Waals surface area contributed by atoms with Crippen molar-refractivity contribution >= 4 is 23.1 Å². The lowest BCUT2D eigenvalue weighted by molar-refractivity contribution is -0.135. The van der Waals surface area contributed by atoms with Gasteiger partial charge in [-0.15, -0.1) is 15.3 Å². The lowest BCUT2D eigenvalue weighted by Crippen LogP contribution is -2.41. The second kappa shape index (κ2) is 8.06. The number of aromatic nitrogens is 4. The van der Waals surface area contributed by atoms with Crippen LogP contribution in [0.2, 0.25) is 0 Å². The van der Waals surface area contributed by atoms with Crippen molar-refractivity contribution in [2.75, 3.05) is 44.0 Å².